The largest absolute Gasteiger partial charge is 0.399 e. The van der Waals surface area contributed by atoms with Crippen LogP contribution in [0.2, 0.25) is 0 Å². The molecule has 1 aliphatic heterocycles. The molecule has 8 heteroatoms. The number of aliphatic hydroxyl groups excluding tert-OH is 2. The minimum absolute atomic E-state index is 0.0257. The minimum atomic E-state index is -2.02. The third kappa shape index (κ3) is 4.00. The molecule has 4 fully saturated rings. The van der Waals surface area contributed by atoms with Crippen molar-refractivity contribution in [2.75, 3.05) is 6.61 Å². The van der Waals surface area contributed by atoms with Crippen molar-refractivity contribution >= 4 is 11.6 Å². The molecule has 1 aromatic rings. The van der Waals surface area contributed by atoms with Crippen LogP contribution in [0.15, 0.2) is 71.5 Å². The normalized spacial score (nSPS) is 42.4. The van der Waals surface area contributed by atoms with Gasteiger partial charge in [-0.3, -0.25) is 9.59 Å². The predicted molar refractivity (Wildman–Crippen MR) is 162 cm³/mol. The van der Waals surface area contributed by atoms with Crippen LogP contribution in [0.5, 0.6) is 0 Å². The van der Waals surface area contributed by atoms with E-state index in [0.717, 1.165) is 36.9 Å². The number of carbonyl (C=O) groups excluding carboxylic acids is 2. The maximum atomic E-state index is 17.5. The number of Topliss-reactive ketones (excluding diaryl/α,β-unsaturated/α-hetero) is 1. The molecule has 5 aliphatic carbocycles. The van der Waals surface area contributed by atoms with Gasteiger partial charge in [-0.15, -0.1) is 0 Å². The van der Waals surface area contributed by atoms with Gasteiger partial charge in [0.2, 0.25) is 0 Å². The van der Waals surface area contributed by atoms with E-state index in [1.54, 1.807) is 13.0 Å². The molecule has 7 rings (SSSR count). The first-order valence-electron chi connectivity index (χ1n) is 16.0. The molecule has 0 unspecified atom stereocenters. The van der Waals surface area contributed by atoms with Crippen LogP contribution >= 0.6 is 0 Å². The van der Waals surface area contributed by atoms with E-state index in [-0.39, 0.29) is 18.1 Å². The SMILES string of the molecule is C[C@]12C=CC(=O)C=C1CC[C@H]1[C@@H]3C[C@H]4O[C@H](c5ccc(CCC6=CC(N)=CCC6)cc5)O[C@@]4(C(=O)CO)[C@@]3(C)C[C@H](O)[C@@]12F. The Morgan fingerprint density at radius 2 is 1.89 bits per heavy atom. The molecule has 1 heterocycles. The van der Waals surface area contributed by atoms with E-state index in [1.807, 2.05) is 37.3 Å². The molecule has 0 bridgehead atoms. The zero-order valence-electron chi connectivity index (χ0n) is 25.4. The molecule has 4 N–H and O–H groups in total. The highest BCUT2D eigenvalue weighted by Gasteiger charge is 2.79. The number of aryl methyl sites for hydroxylation is 1. The van der Waals surface area contributed by atoms with Gasteiger partial charge < -0.3 is 25.4 Å². The fraction of sp³-hybridized carbons (Fsp3) is 0.556. The van der Waals surface area contributed by atoms with Gasteiger partial charge in [0.25, 0.3) is 0 Å². The lowest BCUT2D eigenvalue weighted by Crippen LogP contribution is -2.69. The van der Waals surface area contributed by atoms with E-state index in [9.17, 15) is 19.8 Å². The number of carbonyl (C=O) groups is 2. The summed E-state index contributed by atoms with van der Waals surface area (Å²) < 4.78 is 30.7. The van der Waals surface area contributed by atoms with Gasteiger partial charge in [0.1, 0.15) is 6.61 Å². The Bertz CT molecular complexity index is 1510. The number of hydrogen-bond donors (Lipinski definition) is 3. The topological polar surface area (TPSA) is 119 Å². The minimum Gasteiger partial charge on any atom is -0.399 e. The highest BCUT2D eigenvalue weighted by Crippen LogP contribution is 2.72. The Kier molecular flexibility index (Phi) is 6.98. The number of allylic oxidation sites excluding steroid dienone is 7. The van der Waals surface area contributed by atoms with Crippen LogP contribution in [0.3, 0.4) is 0 Å². The summed E-state index contributed by atoms with van der Waals surface area (Å²) in [5.74, 6) is -1.57. The molecule has 0 radical (unpaired) electrons. The van der Waals surface area contributed by atoms with E-state index >= 15 is 4.39 Å². The average molecular weight is 604 g/mol. The molecule has 0 aromatic heterocycles. The summed E-state index contributed by atoms with van der Waals surface area (Å²) in [4.78, 5) is 25.9. The van der Waals surface area contributed by atoms with Crippen LogP contribution in [0, 0.1) is 22.7 Å². The Balaban J connectivity index is 1.16. The molecule has 3 saturated carbocycles. The summed E-state index contributed by atoms with van der Waals surface area (Å²) in [6.45, 7) is 2.94. The van der Waals surface area contributed by atoms with Crippen molar-refractivity contribution in [3.63, 3.8) is 0 Å². The van der Waals surface area contributed by atoms with E-state index in [0.29, 0.717) is 24.8 Å². The lowest BCUT2D eigenvalue weighted by atomic mass is 9.44. The lowest BCUT2D eigenvalue weighted by Gasteiger charge is -2.62. The van der Waals surface area contributed by atoms with E-state index < -0.39 is 58.9 Å². The number of benzene rings is 1. The molecule has 1 aromatic carbocycles. The first-order chi connectivity index (χ1) is 21.0. The van der Waals surface area contributed by atoms with Crippen molar-refractivity contribution in [1.29, 1.82) is 0 Å². The maximum absolute atomic E-state index is 17.5. The quantitative estimate of drug-likeness (QED) is 0.424. The third-order valence-electron chi connectivity index (χ3n) is 12.1. The van der Waals surface area contributed by atoms with Gasteiger partial charge >= 0.3 is 0 Å². The Labute approximate surface area is 257 Å². The second kappa shape index (κ2) is 10.3. The molecule has 44 heavy (non-hydrogen) atoms. The van der Waals surface area contributed by atoms with Crippen LogP contribution in [0.4, 0.5) is 4.39 Å². The second-order valence-electron chi connectivity index (χ2n) is 14.2. The van der Waals surface area contributed by atoms with Crippen LogP contribution < -0.4 is 5.73 Å². The first kappa shape index (κ1) is 29.8. The number of ether oxygens (including phenoxy) is 2. The van der Waals surface area contributed by atoms with Crippen LogP contribution in [-0.2, 0) is 25.5 Å². The number of nitrogens with two attached hydrogens (primary N) is 1. The summed E-state index contributed by atoms with van der Waals surface area (Å²) in [6, 6.07) is 8.00. The highest BCUT2D eigenvalue weighted by molar-refractivity contribution is 6.01. The summed E-state index contributed by atoms with van der Waals surface area (Å²) in [5, 5.41) is 21.9. The molecular weight excluding hydrogens is 561 g/mol. The molecule has 0 amide bonds. The number of alkyl halides is 1. The van der Waals surface area contributed by atoms with E-state index in [1.165, 1.54) is 23.3 Å². The van der Waals surface area contributed by atoms with Crippen molar-refractivity contribution in [3.05, 3.63) is 82.6 Å². The average Bonchev–Trinajstić information content (AvgIpc) is 3.50. The number of fused-ring (bicyclic) bond motifs is 7. The Hall–Kier alpha value is -2.91. The summed E-state index contributed by atoms with van der Waals surface area (Å²) in [7, 11) is 0. The second-order valence-corrected chi connectivity index (χ2v) is 14.2. The zero-order chi connectivity index (χ0) is 31.1. The van der Waals surface area contributed by atoms with Gasteiger partial charge in [0.15, 0.2) is 29.1 Å². The molecule has 234 valence electrons. The summed E-state index contributed by atoms with van der Waals surface area (Å²) in [5.41, 5.74) is 5.14. The predicted octanol–water partition coefficient (Wildman–Crippen LogP) is 4.88. The summed E-state index contributed by atoms with van der Waals surface area (Å²) >= 11 is 0. The molecular formula is C36H42FNO6. The Morgan fingerprint density at radius 3 is 2.61 bits per heavy atom. The standard InChI is InChI=1S/C36H42FNO6/c1-33-15-14-26(40)17-24(33)12-13-27-28-18-31-36(30(42)20-39,34(28,2)19-29(41)35(27,33)37)44-32(43-31)23-10-8-21(9-11-23)6-7-22-4-3-5-25(38)16-22/h5,8-11,14-17,27-29,31-32,39,41H,3-4,6-7,12-13,18-20,38H2,1-2H3/t27-,28-,29-,31+,32-,33-,34-,35-,36+/m0/s1. The third-order valence-corrected chi connectivity index (χ3v) is 12.1. The van der Waals surface area contributed by atoms with Crippen molar-refractivity contribution < 1.29 is 33.7 Å². The first-order valence-corrected chi connectivity index (χ1v) is 16.0. The fourth-order valence-corrected chi connectivity index (χ4v) is 9.86. The number of hydrogen-bond acceptors (Lipinski definition) is 7. The van der Waals surface area contributed by atoms with Gasteiger partial charge in [-0.2, -0.15) is 0 Å². The smallest absolute Gasteiger partial charge is 0.193 e. The van der Waals surface area contributed by atoms with Crippen LogP contribution in [-0.4, -0.2) is 51.9 Å². The van der Waals surface area contributed by atoms with E-state index in [4.69, 9.17) is 15.2 Å². The maximum Gasteiger partial charge on any atom is 0.193 e. The van der Waals surface area contributed by atoms with Crippen LogP contribution in [0.1, 0.15) is 76.2 Å². The lowest BCUT2D eigenvalue weighted by molar-refractivity contribution is -0.231. The van der Waals surface area contributed by atoms with Gasteiger partial charge in [0, 0.05) is 28.0 Å². The van der Waals surface area contributed by atoms with Crippen molar-refractivity contribution in [3.8, 4) is 0 Å². The number of halogens is 1. The molecule has 7 nitrogen and oxygen atoms in total. The monoisotopic (exact) mass is 603 g/mol. The van der Waals surface area contributed by atoms with Crippen molar-refractivity contribution in [2.45, 2.75) is 95.0 Å². The molecule has 6 aliphatic rings. The van der Waals surface area contributed by atoms with Gasteiger partial charge in [-0.25, -0.2) is 4.39 Å². The van der Waals surface area contributed by atoms with E-state index in [2.05, 4.69) is 6.08 Å². The molecule has 1 saturated heterocycles. The zero-order valence-corrected chi connectivity index (χ0v) is 25.4. The highest BCUT2D eigenvalue weighted by atomic mass is 19.1. The van der Waals surface area contributed by atoms with Gasteiger partial charge in [-0.1, -0.05) is 54.5 Å². The van der Waals surface area contributed by atoms with Gasteiger partial charge in [-0.05, 0) is 88.0 Å². The summed E-state index contributed by atoms with van der Waals surface area (Å²) in [6.07, 6.45) is 10.9. The molecule has 9 atom stereocenters. The van der Waals surface area contributed by atoms with Crippen molar-refractivity contribution in [2.24, 2.45) is 28.4 Å². The number of rotatable bonds is 6. The molecule has 0 spiro atoms. The Morgan fingerprint density at radius 1 is 1.11 bits per heavy atom. The fourth-order valence-electron chi connectivity index (χ4n) is 9.86. The van der Waals surface area contributed by atoms with Gasteiger partial charge in [0.05, 0.1) is 12.2 Å². The van der Waals surface area contributed by atoms with Crippen molar-refractivity contribution in [1.82, 2.24) is 0 Å². The number of ketones is 2. The van der Waals surface area contributed by atoms with Crippen LogP contribution in [0.25, 0.3) is 0 Å². The number of aliphatic hydroxyl groups is 2.